The molecule has 1 saturated heterocycles. The summed E-state index contributed by atoms with van der Waals surface area (Å²) in [6, 6.07) is 11.7. The van der Waals surface area contributed by atoms with Crippen LogP contribution in [0.25, 0.3) is 5.69 Å². The highest BCUT2D eigenvalue weighted by Crippen LogP contribution is 2.40. The van der Waals surface area contributed by atoms with Crippen LogP contribution in [0.4, 0.5) is 5.82 Å². The number of nitrogens with one attached hydrogen (secondary N) is 1. The maximum Gasteiger partial charge on any atom is 0.307 e. The molecule has 1 aromatic carbocycles. The van der Waals surface area contributed by atoms with Gasteiger partial charge in [0.05, 0.1) is 23.8 Å². The largest absolute Gasteiger partial charge is 0.481 e. The van der Waals surface area contributed by atoms with Crippen LogP contribution < -0.4 is 5.32 Å². The number of halogens is 1. The van der Waals surface area contributed by atoms with Crippen molar-refractivity contribution in [3.63, 3.8) is 0 Å². The topological polar surface area (TPSA) is 87.5 Å². The monoisotopic (exact) mass is 390 g/mol. The van der Waals surface area contributed by atoms with Crippen LogP contribution in [-0.4, -0.2) is 51.3 Å². The Labute approximate surface area is 163 Å². The Morgan fingerprint density at radius 2 is 1.93 bits per heavy atom. The van der Waals surface area contributed by atoms with Crippen molar-refractivity contribution in [1.29, 1.82) is 0 Å². The number of likely N-dealkylation sites (tertiary alicyclic amines) is 1. The number of aromatic nitrogens is 2. The number of amides is 1. The van der Waals surface area contributed by atoms with Gasteiger partial charge in [-0.3, -0.25) is 14.5 Å². The van der Waals surface area contributed by atoms with Gasteiger partial charge in [0.25, 0.3) is 0 Å². The number of carboxylic acids is 1. The summed E-state index contributed by atoms with van der Waals surface area (Å²) >= 11 is 0. The van der Waals surface area contributed by atoms with Crippen molar-refractivity contribution >= 4 is 30.1 Å². The van der Waals surface area contributed by atoms with Crippen molar-refractivity contribution in [2.75, 3.05) is 25.0 Å². The average molecular weight is 391 g/mol. The molecule has 1 aromatic heterocycles. The predicted molar refractivity (Wildman–Crippen MR) is 104 cm³/mol. The van der Waals surface area contributed by atoms with Gasteiger partial charge in [-0.1, -0.05) is 18.2 Å². The van der Waals surface area contributed by atoms with Crippen LogP contribution in [-0.2, 0) is 9.59 Å². The lowest BCUT2D eigenvalue weighted by molar-refractivity contribution is -0.141. The third kappa shape index (κ3) is 4.48. The van der Waals surface area contributed by atoms with Gasteiger partial charge in [-0.05, 0) is 37.9 Å². The SMILES string of the molecule is Cl.O=C(CN1CCC(C(=O)O)C1)Nc1cc(C2CC2)nn1-c1ccccc1. The third-order valence-corrected chi connectivity index (χ3v) is 4.98. The minimum Gasteiger partial charge on any atom is -0.481 e. The zero-order valence-electron chi connectivity index (χ0n) is 14.9. The molecule has 0 bridgehead atoms. The van der Waals surface area contributed by atoms with Crippen LogP contribution in [0.15, 0.2) is 36.4 Å². The number of carbonyl (C=O) groups excluding carboxylic acids is 1. The molecule has 4 rings (SSSR count). The summed E-state index contributed by atoms with van der Waals surface area (Å²) in [5, 5.41) is 16.7. The summed E-state index contributed by atoms with van der Waals surface area (Å²) in [6.45, 7) is 1.26. The van der Waals surface area contributed by atoms with E-state index in [4.69, 9.17) is 5.11 Å². The van der Waals surface area contributed by atoms with E-state index in [0.29, 0.717) is 31.2 Å². The summed E-state index contributed by atoms with van der Waals surface area (Å²) in [5.41, 5.74) is 1.91. The van der Waals surface area contributed by atoms with Crippen LogP contribution >= 0.6 is 12.4 Å². The van der Waals surface area contributed by atoms with Gasteiger partial charge < -0.3 is 10.4 Å². The first-order valence-electron chi connectivity index (χ1n) is 9.00. The number of hydrogen-bond acceptors (Lipinski definition) is 4. The second kappa shape index (κ2) is 8.10. The molecule has 144 valence electrons. The van der Waals surface area contributed by atoms with E-state index in [1.807, 2.05) is 41.3 Å². The van der Waals surface area contributed by atoms with E-state index in [1.54, 1.807) is 4.68 Å². The molecule has 2 heterocycles. The van der Waals surface area contributed by atoms with Gasteiger partial charge in [0.15, 0.2) is 0 Å². The lowest BCUT2D eigenvalue weighted by Gasteiger charge is -2.15. The Kier molecular flexibility index (Phi) is 5.82. The van der Waals surface area contributed by atoms with Crippen LogP contribution in [0.1, 0.15) is 30.9 Å². The fourth-order valence-corrected chi connectivity index (χ4v) is 3.40. The summed E-state index contributed by atoms with van der Waals surface area (Å²) in [6.07, 6.45) is 2.88. The second-order valence-electron chi connectivity index (χ2n) is 7.08. The molecular formula is C19H23ClN4O3. The number of rotatable bonds is 6. The quantitative estimate of drug-likeness (QED) is 0.791. The van der Waals surface area contributed by atoms with Crippen LogP contribution in [0, 0.1) is 5.92 Å². The molecule has 7 nitrogen and oxygen atoms in total. The van der Waals surface area contributed by atoms with Gasteiger partial charge >= 0.3 is 5.97 Å². The van der Waals surface area contributed by atoms with Gasteiger partial charge in [0.2, 0.25) is 5.91 Å². The summed E-state index contributed by atoms with van der Waals surface area (Å²) in [5.74, 6) is -0.152. The number of carboxylic acid groups (broad SMARTS) is 1. The smallest absolute Gasteiger partial charge is 0.307 e. The number of para-hydroxylation sites is 1. The molecule has 27 heavy (non-hydrogen) atoms. The van der Waals surface area contributed by atoms with Crippen molar-refractivity contribution in [2.45, 2.75) is 25.2 Å². The molecule has 2 N–H and O–H groups in total. The maximum absolute atomic E-state index is 12.5. The molecule has 2 fully saturated rings. The van der Waals surface area contributed by atoms with E-state index < -0.39 is 5.97 Å². The highest BCUT2D eigenvalue weighted by atomic mass is 35.5. The Balaban J connectivity index is 0.00000210. The Morgan fingerprint density at radius 3 is 2.56 bits per heavy atom. The molecule has 0 spiro atoms. The zero-order chi connectivity index (χ0) is 18.1. The summed E-state index contributed by atoms with van der Waals surface area (Å²) in [4.78, 5) is 25.4. The van der Waals surface area contributed by atoms with Gasteiger partial charge in [0, 0.05) is 18.5 Å². The number of carbonyl (C=O) groups is 2. The number of aliphatic carboxylic acids is 1. The number of anilines is 1. The zero-order valence-corrected chi connectivity index (χ0v) is 15.7. The molecule has 0 radical (unpaired) electrons. The van der Waals surface area contributed by atoms with E-state index in [9.17, 15) is 9.59 Å². The number of nitrogens with zero attached hydrogens (tertiary/aromatic N) is 3. The van der Waals surface area contributed by atoms with E-state index in [1.165, 1.54) is 0 Å². The Hall–Kier alpha value is -2.38. The van der Waals surface area contributed by atoms with Crippen molar-refractivity contribution in [2.24, 2.45) is 5.92 Å². The second-order valence-corrected chi connectivity index (χ2v) is 7.08. The van der Waals surface area contributed by atoms with Crippen molar-refractivity contribution in [3.05, 3.63) is 42.1 Å². The minimum absolute atomic E-state index is 0. The van der Waals surface area contributed by atoms with Gasteiger partial charge in [0.1, 0.15) is 5.82 Å². The molecule has 2 aliphatic rings. The highest BCUT2D eigenvalue weighted by molar-refractivity contribution is 5.92. The standard InChI is InChI=1S/C19H22N4O3.ClH/c24-18(12-22-9-8-14(11-22)19(25)26)20-17-10-16(13-6-7-13)21-23(17)15-4-2-1-3-5-15;/h1-5,10,13-14H,6-9,11-12H2,(H,20,24)(H,25,26);1H. The van der Waals surface area contributed by atoms with E-state index in [-0.39, 0.29) is 30.8 Å². The van der Waals surface area contributed by atoms with E-state index >= 15 is 0 Å². The highest BCUT2D eigenvalue weighted by Gasteiger charge is 2.30. The molecule has 1 unspecified atom stereocenters. The first-order chi connectivity index (χ1) is 12.6. The fourth-order valence-electron chi connectivity index (χ4n) is 3.40. The van der Waals surface area contributed by atoms with E-state index in [2.05, 4.69) is 10.4 Å². The molecule has 1 amide bonds. The maximum atomic E-state index is 12.5. The van der Waals surface area contributed by atoms with Gasteiger partial charge in [-0.25, -0.2) is 4.68 Å². The van der Waals surface area contributed by atoms with Crippen molar-refractivity contribution in [3.8, 4) is 5.69 Å². The minimum atomic E-state index is -0.788. The van der Waals surface area contributed by atoms with Crippen molar-refractivity contribution < 1.29 is 14.7 Å². The Morgan fingerprint density at radius 1 is 1.19 bits per heavy atom. The first kappa shape index (κ1) is 19.4. The van der Waals surface area contributed by atoms with Crippen LogP contribution in [0.2, 0.25) is 0 Å². The molecule has 1 aliphatic carbocycles. The third-order valence-electron chi connectivity index (χ3n) is 4.98. The van der Waals surface area contributed by atoms with Gasteiger partial charge in [-0.15, -0.1) is 12.4 Å². The van der Waals surface area contributed by atoms with E-state index in [0.717, 1.165) is 24.2 Å². The Bertz CT molecular complexity index is 820. The van der Waals surface area contributed by atoms with Gasteiger partial charge in [-0.2, -0.15) is 5.10 Å². The fraction of sp³-hybridized carbons (Fsp3) is 0.421. The summed E-state index contributed by atoms with van der Waals surface area (Å²) in [7, 11) is 0. The number of hydrogen-bond donors (Lipinski definition) is 2. The molecule has 1 aliphatic heterocycles. The van der Waals surface area contributed by atoms with Crippen molar-refractivity contribution in [1.82, 2.24) is 14.7 Å². The molecule has 1 atom stereocenters. The lowest BCUT2D eigenvalue weighted by Crippen LogP contribution is -2.32. The van der Waals surface area contributed by atoms with Crippen LogP contribution in [0.5, 0.6) is 0 Å². The number of benzene rings is 1. The molecule has 1 saturated carbocycles. The molecule has 8 heteroatoms. The molecule has 2 aromatic rings. The predicted octanol–water partition coefficient (Wildman–Crippen LogP) is 2.52. The normalized spacial score (nSPS) is 19.5. The average Bonchev–Trinajstić information content (AvgIpc) is 3.23. The summed E-state index contributed by atoms with van der Waals surface area (Å²) < 4.78 is 1.77. The lowest BCUT2D eigenvalue weighted by atomic mass is 10.1. The first-order valence-corrected chi connectivity index (χ1v) is 9.00. The molecular weight excluding hydrogens is 368 g/mol. The van der Waals surface area contributed by atoms with Crippen LogP contribution in [0.3, 0.4) is 0 Å².